The fraction of sp³-hybridized carbons (Fsp3) is 0.200. The van der Waals surface area contributed by atoms with Crippen molar-refractivity contribution < 1.29 is 19.5 Å². The van der Waals surface area contributed by atoms with Crippen molar-refractivity contribution in [2.24, 2.45) is 4.99 Å². The highest BCUT2D eigenvalue weighted by atomic mass is 32.2. The second-order valence-corrected chi connectivity index (χ2v) is 7.22. The van der Waals surface area contributed by atoms with E-state index in [1.807, 2.05) is 37.3 Å². The highest BCUT2D eigenvalue weighted by Gasteiger charge is 2.35. The number of para-hydroxylation sites is 1. The molecule has 0 radical (unpaired) electrons. The van der Waals surface area contributed by atoms with Gasteiger partial charge in [-0.25, -0.2) is 9.79 Å². The van der Waals surface area contributed by atoms with E-state index in [0.29, 0.717) is 23.1 Å². The largest absolute Gasteiger partial charge is 0.478 e. The van der Waals surface area contributed by atoms with E-state index in [-0.39, 0.29) is 23.8 Å². The van der Waals surface area contributed by atoms with Crippen molar-refractivity contribution in [3.63, 3.8) is 0 Å². The Morgan fingerprint density at radius 2 is 1.96 bits per heavy atom. The van der Waals surface area contributed by atoms with Gasteiger partial charge in [-0.3, -0.25) is 14.5 Å². The van der Waals surface area contributed by atoms with Gasteiger partial charge in [-0.05, 0) is 37.3 Å². The predicted molar refractivity (Wildman–Crippen MR) is 109 cm³/mol. The van der Waals surface area contributed by atoms with E-state index in [1.165, 1.54) is 23.9 Å². The third kappa shape index (κ3) is 4.58. The van der Waals surface area contributed by atoms with E-state index in [4.69, 9.17) is 5.11 Å². The molecule has 2 aromatic rings. The van der Waals surface area contributed by atoms with E-state index in [9.17, 15) is 14.4 Å². The van der Waals surface area contributed by atoms with Crippen LogP contribution >= 0.6 is 11.8 Å². The first-order valence-corrected chi connectivity index (χ1v) is 9.61. The van der Waals surface area contributed by atoms with Crippen LogP contribution in [0.4, 0.5) is 11.4 Å². The maximum absolute atomic E-state index is 12.7. The van der Waals surface area contributed by atoms with Crippen molar-refractivity contribution in [3.05, 3.63) is 60.2 Å². The van der Waals surface area contributed by atoms with Crippen LogP contribution in [0.15, 0.2) is 59.6 Å². The van der Waals surface area contributed by atoms with Crippen LogP contribution in [0.5, 0.6) is 0 Å². The van der Waals surface area contributed by atoms with Gasteiger partial charge < -0.3 is 10.4 Å². The van der Waals surface area contributed by atoms with Gasteiger partial charge in [-0.1, -0.05) is 36.0 Å². The van der Waals surface area contributed by atoms with Crippen molar-refractivity contribution in [2.45, 2.75) is 18.6 Å². The summed E-state index contributed by atoms with van der Waals surface area (Å²) in [5.41, 5.74) is 1.15. The van der Waals surface area contributed by atoms with E-state index >= 15 is 0 Å². The Morgan fingerprint density at radius 1 is 1.21 bits per heavy atom. The summed E-state index contributed by atoms with van der Waals surface area (Å²) in [6, 6.07) is 15.2. The average molecular weight is 397 g/mol. The minimum atomic E-state index is -1.07. The molecule has 2 N–H and O–H groups in total. The van der Waals surface area contributed by atoms with Crippen LogP contribution in [-0.4, -0.2) is 44.8 Å². The number of aliphatic imine (C=N–C) groups is 1. The zero-order valence-corrected chi connectivity index (χ0v) is 16.0. The number of carboxylic acid groups (broad SMARTS) is 1. The van der Waals surface area contributed by atoms with Gasteiger partial charge in [0.05, 0.1) is 11.3 Å². The summed E-state index contributed by atoms with van der Waals surface area (Å²) < 4.78 is 0. The summed E-state index contributed by atoms with van der Waals surface area (Å²) in [6.45, 7) is 2.32. The maximum Gasteiger partial charge on any atom is 0.335 e. The Labute approximate surface area is 166 Å². The van der Waals surface area contributed by atoms with Crippen LogP contribution < -0.4 is 5.32 Å². The smallest absolute Gasteiger partial charge is 0.335 e. The maximum atomic E-state index is 12.7. The lowest BCUT2D eigenvalue weighted by molar-refractivity contribution is -0.129. The topological polar surface area (TPSA) is 99.1 Å². The number of carbonyl (C=O) groups is 3. The standard InChI is InChI=1S/C20H19N3O4S/c1-2-23-17(24)12-16(28-20(23)22-14-8-4-3-5-9-14)18(25)21-15-10-6-7-13(11-15)19(26)27/h3-11,16H,2,12H2,1H3,(H,21,25)(H,26,27). The van der Waals surface area contributed by atoms with Crippen LogP contribution in [0.1, 0.15) is 23.7 Å². The van der Waals surface area contributed by atoms with Crippen molar-refractivity contribution in [1.29, 1.82) is 0 Å². The van der Waals surface area contributed by atoms with E-state index in [0.717, 1.165) is 0 Å². The first kappa shape index (κ1) is 19.6. The van der Waals surface area contributed by atoms with Gasteiger partial charge in [-0.15, -0.1) is 0 Å². The molecule has 0 bridgehead atoms. The second-order valence-electron chi connectivity index (χ2n) is 6.05. The molecular formula is C20H19N3O4S. The molecule has 1 aliphatic rings. The van der Waals surface area contributed by atoms with Crippen LogP contribution in [0.3, 0.4) is 0 Å². The second kappa shape index (κ2) is 8.71. The molecular weight excluding hydrogens is 378 g/mol. The molecule has 1 saturated heterocycles. The molecule has 1 heterocycles. The SMILES string of the molecule is CCN1C(=O)CC(C(=O)Nc2cccc(C(=O)O)c2)SC1=Nc1ccccc1. The number of hydrogen-bond donors (Lipinski definition) is 2. The summed E-state index contributed by atoms with van der Waals surface area (Å²) in [7, 11) is 0. The molecule has 3 rings (SSSR count). The van der Waals surface area contributed by atoms with Crippen molar-refractivity contribution in [1.82, 2.24) is 4.90 Å². The summed E-state index contributed by atoms with van der Waals surface area (Å²) in [6.07, 6.45) is 0.0524. The molecule has 0 saturated carbocycles. The Morgan fingerprint density at radius 3 is 2.64 bits per heavy atom. The van der Waals surface area contributed by atoms with Crippen LogP contribution in [0, 0.1) is 0 Å². The fourth-order valence-corrected chi connectivity index (χ4v) is 3.88. The minimum Gasteiger partial charge on any atom is -0.478 e. The number of carboxylic acids is 1. The first-order valence-electron chi connectivity index (χ1n) is 8.73. The number of nitrogens with one attached hydrogen (secondary N) is 1. The molecule has 2 aromatic carbocycles. The Kier molecular flexibility index (Phi) is 6.10. The lowest BCUT2D eigenvalue weighted by Gasteiger charge is -2.30. The molecule has 1 atom stereocenters. The molecule has 144 valence electrons. The van der Waals surface area contributed by atoms with Gasteiger partial charge in [0.15, 0.2) is 5.17 Å². The Bertz CT molecular complexity index is 930. The summed E-state index contributed by atoms with van der Waals surface area (Å²) >= 11 is 1.23. The van der Waals surface area contributed by atoms with Crippen molar-refractivity contribution in [3.8, 4) is 0 Å². The number of rotatable bonds is 5. The number of thioether (sulfide) groups is 1. The third-order valence-corrected chi connectivity index (χ3v) is 5.29. The number of benzene rings is 2. The molecule has 28 heavy (non-hydrogen) atoms. The van der Waals surface area contributed by atoms with E-state index in [1.54, 1.807) is 17.0 Å². The van der Waals surface area contributed by atoms with Crippen molar-refractivity contribution in [2.75, 3.05) is 11.9 Å². The molecule has 1 fully saturated rings. The Balaban J connectivity index is 1.79. The van der Waals surface area contributed by atoms with Gasteiger partial charge in [0.25, 0.3) is 0 Å². The summed E-state index contributed by atoms with van der Waals surface area (Å²) in [5.74, 6) is -1.61. The quantitative estimate of drug-likeness (QED) is 0.806. The van der Waals surface area contributed by atoms with Gasteiger partial charge in [0, 0.05) is 18.7 Å². The zero-order chi connectivity index (χ0) is 20.1. The number of nitrogens with zero attached hydrogens (tertiary/aromatic N) is 2. The van der Waals surface area contributed by atoms with Gasteiger partial charge >= 0.3 is 5.97 Å². The number of hydrogen-bond acceptors (Lipinski definition) is 5. The normalized spacial score (nSPS) is 18.2. The molecule has 0 aliphatic carbocycles. The highest BCUT2D eigenvalue weighted by Crippen LogP contribution is 2.29. The molecule has 8 heteroatoms. The van der Waals surface area contributed by atoms with Gasteiger partial charge in [-0.2, -0.15) is 0 Å². The molecule has 7 nitrogen and oxygen atoms in total. The number of amides is 2. The fourth-order valence-electron chi connectivity index (χ4n) is 2.72. The predicted octanol–water partition coefficient (Wildman–Crippen LogP) is 3.37. The average Bonchev–Trinajstić information content (AvgIpc) is 2.68. The molecule has 1 aliphatic heterocycles. The Hall–Kier alpha value is -3.13. The van der Waals surface area contributed by atoms with Crippen LogP contribution in [0.25, 0.3) is 0 Å². The van der Waals surface area contributed by atoms with Crippen LogP contribution in [-0.2, 0) is 9.59 Å². The summed E-state index contributed by atoms with van der Waals surface area (Å²) in [5, 5.41) is 11.6. The highest BCUT2D eigenvalue weighted by molar-refractivity contribution is 8.15. The first-order chi connectivity index (χ1) is 13.5. The van der Waals surface area contributed by atoms with Crippen molar-refractivity contribution >= 4 is 46.1 Å². The molecule has 1 unspecified atom stereocenters. The molecule has 0 aromatic heterocycles. The summed E-state index contributed by atoms with van der Waals surface area (Å²) in [4.78, 5) is 42.4. The number of carbonyl (C=O) groups excluding carboxylic acids is 2. The van der Waals surface area contributed by atoms with Crippen LogP contribution in [0.2, 0.25) is 0 Å². The number of amidine groups is 1. The minimum absolute atomic E-state index is 0.0524. The van der Waals surface area contributed by atoms with Gasteiger partial charge in [0.1, 0.15) is 5.25 Å². The van der Waals surface area contributed by atoms with Gasteiger partial charge in [0.2, 0.25) is 11.8 Å². The monoisotopic (exact) mass is 397 g/mol. The lowest BCUT2D eigenvalue weighted by atomic mass is 10.2. The number of aromatic carboxylic acids is 1. The van der Waals surface area contributed by atoms with E-state index in [2.05, 4.69) is 10.3 Å². The molecule has 0 spiro atoms. The molecule has 2 amide bonds. The third-order valence-electron chi connectivity index (χ3n) is 4.11. The van der Waals surface area contributed by atoms with E-state index < -0.39 is 11.2 Å². The zero-order valence-electron chi connectivity index (χ0n) is 15.2. The lowest BCUT2D eigenvalue weighted by Crippen LogP contribution is -2.45. The number of anilines is 1.